The topological polar surface area (TPSA) is 88.2 Å². The van der Waals surface area contributed by atoms with Crippen molar-refractivity contribution in [2.75, 3.05) is 6.61 Å². The number of carbonyl (C=O) groups is 1. The van der Waals surface area contributed by atoms with Crippen molar-refractivity contribution in [3.05, 3.63) is 11.4 Å². The van der Waals surface area contributed by atoms with Gasteiger partial charge in [0.2, 0.25) is 0 Å². The summed E-state index contributed by atoms with van der Waals surface area (Å²) < 4.78 is 1.45. The van der Waals surface area contributed by atoms with Gasteiger partial charge in [0, 0.05) is 0 Å². The maximum atomic E-state index is 10.8. The van der Waals surface area contributed by atoms with Gasteiger partial charge in [-0.15, -0.1) is 5.10 Å². The molecule has 0 atom stereocenters. The van der Waals surface area contributed by atoms with E-state index >= 15 is 0 Å². The van der Waals surface area contributed by atoms with Crippen molar-refractivity contribution in [1.82, 2.24) is 15.0 Å². The normalized spacial score (nSPS) is 10.9. The molecule has 0 spiro atoms. The molecular formula is C9H15N3O3. The molecule has 0 aliphatic rings. The van der Waals surface area contributed by atoms with Crippen molar-refractivity contribution in [2.45, 2.75) is 26.8 Å². The van der Waals surface area contributed by atoms with E-state index in [-0.39, 0.29) is 18.8 Å². The smallest absolute Gasteiger partial charge is 0.358 e. The van der Waals surface area contributed by atoms with Crippen LogP contribution in [0.4, 0.5) is 0 Å². The van der Waals surface area contributed by atoms with Gasteiger partial charge in [0.05, 0.1) is 18.8 Å². The van der Waals surface area contributed by atoms with E-state index < -0.39 is 5.97 Å². The summed E-state index contributed by atoms with van der Waals surface area (Å²) in [6, 6.07) is 0. The third kappa shape index (κ3) is 2.76. The summed E-state index contributed by atoms with van der Waals surface area (Å²) in [5, 5.41) is 25.0. The van der Waals surface area contributed by atoms with Gasteiger partial charge < -0.3 is 10.2 Å². The van der Waals surface area contributed by atoms with E-state index in [1.807, 2.05) is 13.8 Å². The van der Waals surface area contributed by atoms with E-state index in [2.05, 4.69) is 10.3 Å². The van der Waals surface area contributed by atoms with Crippen LogP contribution in [0.15, 0.2) is 0 Å². The first kappa shape index (κ1) is 11.6. The van der Waals surface area contributed by atoms with Gasteiger partial charge in [-0.05, 0) is 12.3 Å². The molecule has 1 rings (SSSR count). The van der Waals surface area contributed by atoms with Crippen LogP contribution >= 0.6 is 0 Å². The Morgan fingerprint density at radius 1 is 1.53 bits per heavy atom. The first-order chi connectivity index (χ1) is 7.06. The van der Waals surface area contributed by atoms with E-state index in [1.54, 1.807) is 0 Å². The van der Waals surface area contributed by atoms with Gasteiger partial charge in [-0.25, -0.2) is 9.48 Å². The molecule has 0 bridgehead atoms. The number of hydrogen-bond donors (Lipinski definition) is 2. The summed E-state index contributed by atoms with van der Waals surface area (Å²) in [5.41, 5.74) is 0.559. The largest absolute Gasteiger partial charge is 0.476 e. The van der Waals surface area contributed by atoms with Crippen LogP contribution in [0.5, 0.6) is 0 Å². The minimum Gasteiger partial charge on any atom is -0.476 e. The number of rotatable bonds is 5. The summed E-state index contributed by atoms with van der Waals surface area (Å²) in [7, 11) is 0. The Kier molecular flexibility index (Phi) is 3.79. The van der Waals surface area contributed by atoms with Crippen LogP contribution < -0.4 is 0 Å². The van der Waals surface area contributed by atoms with Crippen molar-refractivity contribution >= 4 is 5.97 Å². The summed E-state index contributed by atoms with van der Waals surface area (Å²) in [6.07, 6.45) is 0.592. The lowest BCUT2D eigenvalue weighted by molar-refractivity contribution is 0.0689. The number of nitrogens with zero attached hydrogens (tertiary/aromatic N) is 3. The zero-order valence-electron chi connectivity index (χ0n) is 8.84. The van der Waals surface area contributed by atoms with Crippen LogP contribution in [0.1, 0.15) is 30.0 Å². The summed E-state index contributed by atoms with van der Waals surface area (Å²) in [4.78, 5) is 10.8. The number of aliphatic hydroxyl groups excluding tert-OH is 1. The van der Waals surface area contributed by atoms with Crippen molar-refractivity contribution in [3.63, 3.8) is 0 Å². The number of aromatic carboxylic acids is 1. The standard InChI is InChI=1S/C9H15N3O3/c1-6(2)5-7-8(9(14)15)10-11-12(7)3-4-13/h6,13H,3-5H2,1-2H3,(H,14,15). The molecule has 0 saturated carbocycles. The van der Waals surface area contributed by atoms with E-state index in [0.717, 1.165) is 0 Å². The number of carboxylic acid groups (broad SMARTS) is 1. The van der Waals surface area contributed by atoms with Crippen molar-refractivity contribution in [2.24, 2.45) is 5.92 Å². The fraction of sp³-hybridized carbons (Fsp3) is 0.667. The lowest BCUT2D eigenvalue weighted by Gasteiger charge is -2.07. The molecule has 1 heterocycles. The lowest BCUT2D eigenvalue weighted by Crippen LogP contribution is -2.12. The average molecular weight is 213 g/mol. The SMILES string of the molecule is CC(C)Cc1c(C(=O)O)nnn1CCO. The molecule has 1 aromatic rings. The summed E-state index contributed by atoms with van der Waals surface area (Å²) >= 11 is 0. The molecule has 2 N–H and O–H groups in total. The van der Waals surface area contributed by atoms with Gasteiger partial charge >= 0.3 is 5.97 Å². The Labute approximate surface area is 87.5 Å². The van der Waals surface area contributed by atoms with Crippen LogP contribution in [-0.4, -0.2) is 37.8 Å². The molecule has 0 radical (unpaired) electrons. The highest BCUT2D eigenvalue weighted by Crippen LogP contribution is 2.11. The van der Waals surface area contributed by atoms with E-state index in [1.165, 1.54) is 4.68 Å². The second kappa shape index (κ2) is 4.88. The zero-order valence-corrected chi connectivity index (χ0v) is 8.84. The molecule has 84 valence electrons. The van der Waals surface area contributed by atoms with Crippen molar-refractivity contribution < 1.29 is 15.0 Å². The van der Waals surface area contributed by atoms with Gasteiger partial charge in [0.25, 0.3) is 0 Å². The molecule has 0 fully saturated rings. The predicted octanol–water partition coefficient (Wildman–Crippen LogP) is 0.167. The van der Waals surface area contributed by atoms with Gasteiger partial charge in [-0.1, -0.05) is 19.1 Å². The Morgan fingerprint density at radius 3 is 2.67 bits per heavy atom. The molecule has 0 unspecified atom stereocenters. The second-order valence-electron chi connectivity index (χ2n) is 3.73. The molecule has 0 aromatic carbocycles. The fourth-order valence-corrected chi connectivity index (χ4v) is 1.36. The molecule has 0 aliphatic heterocycles. The van der Waals surface area contributed by atoms with E-state index in [4.69, 9.17) is 10.2 Å². The third-order valence-corrected chi connectivity index (χ3v) is 1.95. The Balaban J connectivity index is 3.02. The minimum absolute atomic E-state index is 0.0165. The van der Waals surface area contributed by atoms with Crippen LogP contribution in [0.2, 0.25) is 0 Å². The average Bonchev–Trinajstić information content (AvgIpc) is 2.48. The molecule has 6 nitrogen and oxygen atoms in total. The highest BCUT2D eigenvalue weighted by atomic mass is 16.4. The molecule has 0 amide bonds. The molecule has 0 saturated heterocycles. The highest BCUT2D eigenvalue weighted by Gasteiger charge is 2.19. The lowest BCUT2D eigenvalue weighted by atomic mass is 10.1. The molecule has 1 aromatic heterocycles. The van der Waals surface area contributed by atoms with Gasteiger partial charge in [0.15, 0.2) is 5.69 Å². The monoisotopic (exact) mass is 213 g/mol. The van der Waals surface area contributed by atoms with Crippen LogP contribution in [0, 0.1) is 5.92 Å². The molecule has 6 heteroatoms. The van der Waals surface area contributed by atoms with Gasteiger partial charge in [0.1, 0.15) is 0 Å². The van der Waals surface area contributed by atoms with E-state index in [0.29, 0.717) is 18.0 Å². The molecular weight excluding hydrogens is 198 g/mol. The zero-order chi connectivity index (χ0) is 11.4. The Morgan fingerprint density at radius 2 is 2.20 bits per heavy atom. The maximum absolute atomic E-state index is 10.8. The summed E-state index contributed by atoms with van der Waals surface area (Å²) in [6.45, 7) is 4.18. The number of carboxylic acids is 1. The second-order valence-corrected chi connectivity index (χ2v) is 3.73. The van der Waals surface area contributed by atoms with Crippen LogP contribution in [0.25, 0.3) is 0 Å². The highest BCUT2D eigenvalue weighted by molar-refractivity contribution is 5.86. The quantitative estimate of drug-likeness (QED) is 0.727. The predicted molar refractivity (Wildman–Crippen MR) is 52.6 cm³/mol. The van der Waals surface area contributed by atoms with Crippen molar-refractivity contribution in [1.29, 1.82) is 0 Å². The van der Waals surface area contributed by atoms with Crippen LogP contribution in [0.3, 0.4) is 0 Å². The summed E-state index contributed by atoms with van der Waals surface area (Å²) in [5.74, 6) is -0.756. The Hall–Kier alpha value is -1.43. The molecule has 0 aliphatic carbocycles. The minimum atomic E-state index is -1.07. The fourth-order valence-electron chi connectivity index (χ4n) is 1.36. The first-order valence-corrected chi connectivity index (χ1v) is 4.82. The van der Waals surface area contributed by atoms with Crippen molar-refractivity contribution in [3.8, 4) is 0 Å². The Bertz CT molecular complexity index is 346. The van der Waals surface area contributed by atoms with Crippen LogP contribution in [-0.2, 0) is 13.0 Å². The van der Waals surface area contributed by atoms with Gasteiger partial charge in [-0.3, -0.25) is 0 Å². The third-order valence-electron chi connectivity index (χ3n) is 1.95. The number of aromatic nitrogens is 3. The maximum Gasteiger partial charge on any atom is 0.358 e. The van der Waals surface area contributed by atoms with E-state index in [9.17, 15) is 4.79 Å². The first-order valence-electron chi connectivity index (χ1n) is 4.82. The molecule has 15 heavy (non-hydrogen) atoms. The van der Waals surface area contributed by atoms with Gasteiger partial charge in [-0.2, -0.15) is 0 Å². The number of aliphatic hydroxyl groups is 1. The number of hydrogen-bond acceptors (Lipinski definition) is 4.